The SMILES string of the molecule is COCCCNc1nc(Cl)ccc1[N+](=O)[O-].II. The van der Waals surface area contributed by atoms with Crippen LogP contribution in [0.4, 0.5) is 11.5 Å². The molecule has 9 heteroatoms. The molecule has 6 nitrogen and oxygen atoms in total. The number of rotatable bonds is 6. The van der Waals surface area contributed by atoms with Crippen molar-refractivity contribution in [3.63, 3.8) is 0 Å². The number of halogens is 3. The second kappa shape index (κ2) is 10.9. The molecule has 0 aliphatic heterocycles. The Hall–Kier alpha value is 0.0600. The van der Waals surface area contributed by atoms with Crippen LogP contribution in [0.1, 0.15) is 6.42 Å². The molecule has 0 atom stereocenters. The van der Waals surface area contributed by atoms with Gasteiger partial charge in [0.25, 0.3) is 0 Å². The van der Waals surface area contributed by atoms with Crippen molar-refractivity contribution in [1.29, 1.82) is 0 Å². The third-order valence-electron chi connectivity index (χ3n) is 1.85. The number of nitrogens with zero attached hydrogens (tertiary/aromatic N) is 2. The number of aromatic nitrogens is 1. The van der Waals surface area contributed by atoms with Gasteiger partial charge in [-0.05, 0) is 12.5 Å². The van der Waals surface area contributed by atoms with Crippen LogP contribution in [0.25, 0.3) is 0 Å². The molecule has 0 spiro atoms. The van der Waals surface area contributed by atoms with Gasteiger partial charge in [-0.2, -0.15) is 0 Å². The Balaban J connectivity index is 0.00000137. The van der Waals surface area contributed by atoms with Gasteiger partial charge in [-0.15, -0.1) is 0 Å². The summed E-state index contributed by atoms with van der Waals surface area (Å²) in [6.07, 6.45) is 0.738. The second-order valence-corrected chi connectivity index (χ2v) is 3.42. The highest BCUT2D eigenvalue weighted by molar-refractivity contribution is 15.0. The highest BCUT2D eigenvalue weighted by Gasteiger charge is 2.14. The van der Waals surface area contributed by atoms with Gasteiger partial charge in [0, 0.05) is 63.6 Å². The third kappa shape index (κ3) is 6.85. The first-order valence-corrected chi connectivity index (χ1v) is 11.5. The van der Waals surface area contributed by atoms with Crippen LogP contribution < -0.4 is 5.32 Å². The van der Waals surface area contributed by atoms with Crippen molar-refractivity contribution in [1.82, 2.24) is 4.98 Å². The number of hydrogen-bond acceptors (Lipinski definition) is 5. The van der Waals surface area contributed by atoms with Gasteiger partial charge >= 0.3 is 5.69 Å². The number of ether oxygens (including phenoxy) is 1. The smallest absolute Gasteiger partial charge is 0.311 e. The van der Waals surface area contributed by atoms with Crippen molar-refractivity contribution in [2.24, 2.45) is 0 Å². The number of pyridine rings is 1. The summed E-state index contributed by atoms with van der Waals surface area (Å²) in [5.41, 5.74) is -0.0817. The molecule has 0 fully saturated rings. The zero-order valence-corrected chi connectivity index (χ0v) is 14.6. The predicted octanol–water partition coefficient (Wildman–Crippen LogP) is 3.86. The van der Waals surface area contributed by atoms with Crippen molar-refractivity contribution < 1.29 is 9.66 Å². The molecule has 1 N–H and O–H groups in total. The van der Waals surface area contributed by atoms with E-state index < -0.39 is 4.92 Å². The Bertz CT molecular complexity index is 382. The van der Waals surface area contributed by atoms with Crippen LogP contribution in [0.5, 0.6) is 0 Å². The van der Waals surface area contributed by atoms with Crippen LogP contribution >= 0.6 is 48.8 Å². The van der Waals surface area contributed by atoms with Crippen molar-refractivity contribution in [3.05, 3.63) is 27.4 Å². The van der Waals surface area contributed by atoms with Crippen LogP contribution in [0.15, 0.2) is 12.1 Å². The summed E-state index contributed by atoms with van der Waals surface area (Å²) in [6, 6.07) is 2.72. The van der Waals surface area contributed by atoms with Gasteiger partial charge < -0.3 is 10.1 Å². The molecular weight excluding hydrogens is 487 g/mol. The molecule has 102 valence electrons. The lowest BCUT2D eigenvalue weighted by Gasteiger charge is -2.05. The summed E-state index contributed by atoms with van der Waals surface area (Å²) >= 11 is 9.90. The van der Waals surface area contributed by atoms with Gasteiger partial charge in [0.2, 0.25) is 5.82 Å². The summed E-state index contributed by atoms with van der Waals surface area (Å²) in [6.45, 7) is 1.13. The monoisotopic (exact) mass is 499 g/mol. The van der Waals surface area contributed by atoms with E-state index in [-0.39, 0.29) is 16.7 Å². The minimum atomic E-state index is -0.498. The van der Waals surface area contributed by atoms with Crippen LogP contribution in [-0.4, -0.2) is 30.2 Å². The first kappa shape index (κ1) is 18.1. The van der Waals surface area contributed by atoms with E-state index >= 15 is 0 Å². The first-order valence-electron chi connectivity index (χ1n) is 4.83. The highest BCUT2D eigenvalue weighted by Crippen LogP contribution is 2.23. The Morgan fingerprint density at radius 3 is 2.78 bits per heavy atom. The molecule has 1 aromatic heterocycles. The lowest BCUT2D eigenvalue weighted by atomic mass is 10.3. The second-order valence-electron chi connectivity index (χ2n) is 3.03. The molecule has 0 aromatic carbocycles. The number of nitro groups is 1. The Morgan fingerprint density at radius 2 is 2.22 bits per heavy atom. The summed E-state index contributed by atoms with van der Waals surface area (Å²) in [4.78, 5) is 14.0. The summed E-state index contributed by atoms with van der Waals surface area (Å²) in [7, 11) is 1.60. The van der Waals surface area contributed by atoms with Gasteiger partial charge in [-0.25, -0.2) is 4.98 Å². The maximum Gasteiger partial charge on any atom is 0.311 e. The Kier molecular flexibility index (Phi) is 11.0. The van der Waals surface area contributed by atoms with Crippen LogP contribution in [0, 0.1) is 10.1 Å². The number of nitrogens with one attached hydrogen (secondary N) is 1. The fourth-order valence-corrected chi connectivity index (χ4v) is 1.28. The van der Waals surface area contributed by atoms with E-state index in [1.807, 2.05) is 0 Å². The Morgan fingerprint density at radius 1 is 1.56 bits per heavy atom. The summed E-state index contributed by atoms with van der Waals surface area (Å²) in [5, 5.41) is 13.8. The average Bonchev–Trinajstić information content (AvgIpc) is 2.37. The lowest BCUT2D eigenvalue weighted by Crippen LogP contribution is -2.08. The molecule has 0 bridgehead atoms. The highest BCUT2D eigenvalue weighted by atomic mass is 128. The van der Waals surface area contributed by atoms with E-state index in [1.165, 1.54) is 12.1 Å². The minimum absolute atomic E-state index is 0.0817. The van der Waals surface area contributed by atoms with Gasteiger partial charge in [-0.1, -0.05) is 11.6 Å². The Labute approximate surface area is 133 Å². The van der Waals surface area contributed by atoms with Crippen molar-refractivity contribution in [3.8, 4) is 0 Å². The van der Waals surface area contributed by atoms with Crippen molar-refractivity contribution in [2.75, 3.05) is 25.6 Å². The number of anilines is 1. The average molecular weight is 499 g/mol. The van der Waals surface area contributed by atoms with Gasteiger partial charge in [0.05, 0.1) is 4.92 Å². The predicted molar refractivity (Wildman–Crippen MR) is 88.9 cm³/mol. The van der Waals surface area contributed by atoms with E-state index in [2.05, 4.69) is 47.5 Å². The molecule has 1 heterocycles. The number of hydrogen-bond donors (Lipinski definition) is 1. The first-order chi connectivity index (χ1) is 8.65. The molecule has 0 saturated carbocycles. The molecular formula is C9H12ClI2N3O3. The third-order valence-corrected chi connectivity index (χ3v) is 2.06. The maximum absolute atomic E-state index is 10.7. The molecule has 1 rings (SSSR count). The molecule has 0 unspecified atom stereocenters. The molecule has 0 aliphatic rings. The molecule has 0 saturated heterocycles. The molecule has 18 heavy (non-hydrogen) atoms. The molecule has 0 radical (unpaired) electrons. The molecule has 0 aliphatic carbocycles. The molecule has 0 amide bonds. The van der Waals surface area contributed by atoms with E-state index in [4.69, 9.17) is 16.3 Å². The maximum atomic E-state index is 10.7. The standard InChI is InChI=1S/C9H12ClN3O3.I2/c1-16-6-2-5-11-9-7(13(14)15)3-4-8(10)12-9;1-2/h3-4H,2,5-6H2,1H3,(H,11,12);. The van der Waals surface area contributed by atoms with Crippen molar-refractivity contribution in [2.45, 2.75) is 6.42 Å². The molecule has 1 aromatic rings. The summed E-state index contributed by atoms with van der Waals surface area (Å²) in [5.74, 6) is 0.189. The van der Waals surface area contributed by atoms with Crippen LogP contribution in [0.2, 0.25) is 5.15 Å². The fourth-order valence-electron chi connectivity index (χ4n) is 1.13. The van der Waals surface area contributed by atoms with Gasteiger partial charge in [-0.3, -0.25) is 10.1 Å². The van der Waals surface area contributed by atoms with Gasteiger partial charge in [0.15, 0.2) is 0 Å². The largest absolute Gasteiger partial charge is 0.385 e. The minimum Gasteiger partial charge on any atom is -0.385 e. The number of methoxy groups -OCH3 is 1. The topological polar surface area (TPSA) is 77.3 Å². The van der Waals surface area contributed by atoms with Crippen LogP contribution in [-0.2, 0) is 4.74 Å². The van der Waals surface area contributed by atoms with Gasteiger partial charge in [0.1, 0.15) is 5.15 Å². The fraction of sp³-hybridized carbons (Fsp3) is 0.444. The quantitative estimate of drug-likeness (QED) is 0.212. The van der Waals surface area contributed by atoms with E-state index in [9.17, 15) is 10.1 Å². The van der Waals surface area contributed by atoms with E-state index in [0.717, 1.165) is 6.42 Å². The van der Waals surface area contributed by atoms with E-state index in [0.29, 0.717) is 13.2 Å². The summed E-state index contributed by atoms with van der Waals surface area (Å²) < 4.78 is 4.86. The lowest BCUT2D eigenvalue weighted by molar-refractivity contribution is -0.384. The zero-order chi connectivity index (χ0) is 14.0. The van der Waals surface area contributed by atoms with Crippen molar-refractivity contribution >= 4 is 60.3 Å². The van der Waals surface area contributed by atoms with E-state index in [1.54, 1.807) is 7.11 Å². The van der Waals surface area contributed by atoms with Crippen LogP contribution in [0.3, 0.4) is 0 Å². The normalized spacial score (nSPS) is 9.33. The zero-order valence-electron chi connectivity index (χ0n) is 9.53.